The van der Waals surface area contributed by atoms with Crippen LogP contribution in [0, 0.1) is 0 Å². The summed E-state index contributed by atoms with van der Waals surface area (Å²) in [6.07, 6.45) is 3.03. The lowest BCUT2D eigenvalue weighted by atomic mass is 9.96. The minimum atomic E-state index is -0.115. The number of likely N-dealkylation sites (tertiary alicyclic amines) is 1. The number of carbonyl (C=O) groups excluding carboxylic acids is 1. The van der Waals surface area contributed by atoms with Gasteiger partial charge in [-0.1, -0.05) is 16.8 Å². The molecule has 2 atom stereocenters. The summed E-state index contributed by atoms with van der Waals surface area (Å²) >= 11 is 5.88. The van der Waals surface area contributed by atoms with Crippen molar-refractivity contribution in [1.29, 1.82) is 0 Å². The Kier molecular flexibility index (Phi) is 6.27. The average molecular weight is 370 g/mol. The van der Waals surface area contributed by atoms with E-state index in [1.54, 1.807) is 18.2 Å². The average Bonchev–Trinajstić information content (AvgIpc) is 3.04. The highest BCUT2D eigenvalue weighted by atomic mass is 35.5. The molecule has 1 aromatic carbocycles. The number of nitrogens with zero attached hydrogens (tertiary/aromatic N) is 2. The van der Waals surface area contributed by atoms with Gasteiger partial charge >= 0.3 is 0 Å². The van der Waals surface area contributed by atoms with Gasteiger partial charge in [0.1, 0.15) is 0 Å². The first-order valence-corrected chi connectivity index (χ1v) is 8.23. The maximum Gasteiger partial charge on any atom is 0.276 e. The van der Waals surface area contributed by atoms with Crippen LogP contribution in [0.2, 0.25) is 5.02 Å². The Bertz CT molecular complexity index is 685. The van der Waals surface area contributed by atoms with Gasteiger partial charge in [0, 0.05) is 35.3 Å². The van der Waals surface area contributed by atoms with Gasteiger partial charge in [-0.2, -0.15) is 0 Å². The molecule has 1 aliphatic heterocycles. The standard InChI is InChI=1S/C17H20ClN3O2.ClH/c1-11(19)15-4-2-3-9-21(15)17(22)14-10-16(23-20-14)12-5-7-13(18)8-6-12;/h5-8,10-11,15H,2-4,9,19H2,1H3;1H. The number of carbonyl (C=O) groups is 1. The predicted molar refractivity (Wildman–Crippen MR) is 96.5 cm³/mol. The van der Waals surface area contributed by atoms with Crippen LogP contribution in [0.5, 0.6) is 0 Å². The molecule has 1 amide bonds. The highest BCUT2D eigenvalue weighted by molar-refractivity contribution is 6.30. The van der Waals surface area contributed by atoms with Crippen LogP contribution in [0.25, 0.3) is 11.3 Å². The van der Waals surface area contributed by atoms with Gasteiger partial charge in [0.15, 0.2) is 11.5 Å². The molecule has 0 bridgehead atoms. The van der Waals surface area contributed by atoms with Gasteiger partial charge in [0.05, 0.1) is 0 Å². The molecule has 2 unspecified atom stereocenters. The zero-order chi connectivity index (χ0) is 16.4. The SMILES string of the molecule is CC(N)C1CCCCN1C(=O)c1cc(-c2ccc(Cl)cc2)on1.Cl. The Labute approximate surface area is 152 Å². The van der Waals surface area contributed by atoms with Crippen LogP contribution < -0.4 is 5.73 Å². The van der Waals surface area contributed by atoms with Crippen LogP contribution in [0.15, 0.2) is 34.9 Å². The lowest BCUT2D eigenvalue weighted by Crippen LogP contribution is -2.51. The largest absolute Gasteiger partial charge is 0.355 e. The molecule has 3 rings (SSSR count). The summed E-state index contributed by atoms with van der Waals surface area (Å²) in [6.45, 7) is 2.66. The van der Waals surface area contributed by atoms with Crippen molar-refractivity contribution in [2.75, 3.05) is 6.54 Å². The van der Waals surface area contributed by atoms with Crippen molar-refractivity contribution in [3.05, 3.63) is 41.0 Å². The van der Waals surface area contributed by atoms with Crippen LogP contribution in [0.4, 0.5) is 0 Å². The van der Waals surface area contributed by atoms with Gasteiger partial charge in [0.2, 0.25) is 0 Å². The number of piperidine rings is 1. The van der Waals surface area contributed by atoms with Crippen molar-refractivity contribution in [1.82, 2.24) is 10.1 Å². The monoisotopic (exact) mass is 369 g/mol. The molecule has 0 radical (unpaired) electrons. The molecule has 1 fully saturated rings. The predicted octanol–water partition coefficient (Wildman–Crippen LogP) is 3.76. The lowest BCUT2D eigenvalue weighted by Gasteiger charge is -2.37. The van der Waals surface area contributed by atoms with Gasteiger partial charge in [-0.3, -0.25) is 4.79 Å². The number of aromatic nitrogens is 1. The summed E-state index contributed by atoms with van der Waals surface area (Å²) in [4.78, 5) is 14.6. The highest BCUT2D eigenvalue weighted by Gasteiger charge is 2.31. The van der Waals surface area contributed by atoms with E-state index >= 15 is 0 Å². The van der Waals surface area contributed by atoms with E-state index in [2.05, 4.69) is 5.16 Å². The number of hydrogen-bond acceptors (Lipinski definition) is 4. The fourth-order valence-corrected chi connectivity index (χ4v) is 3.16. The number of nitrogens with two attached hydrogens (primary N) is 1. The first-order valence-electron chi connectivity index (χ1n) is 7.85. The van der Waals surface area contributed by atoms with E-state index in [0.717, 1.165) is 24.8 Å². The molecule has 1 aromatic heterocycles. The normalized spacial score (nSPS) is 18.8. The molecule has 0 spiro atoms. The third-order valence-corrected chi connectivity index (χ3v) is 4.53. The summed E-state index contributed by atoms with van der Waals surface area (Å²) in [5.74, 6) is 0.440. The Morgan fingerprint density at radius 3 is 2.75 bits per heavy atom. The van der Waals surface area contributed by atoms with Gasteiger partial charge in [-0.25, -0.2) is 0 Å². The fraction of sp³-hybridized carbons (Fsp3) is 0.412. The third-order valence-electron chi connectivity index (χ3n) is 4.28. The molecule has 1 aliphatic rings. The molecule has 24 heavy (non-hydrogen) atoms. The van der Waals surface area contributed by atoms with E-state index in [4.69, 9.17) is 21.9 Å². The summed E-state index contributed by atoms with van der Waals surface area (Å²) in [5, 5.41) is 4.59. The second-order valence-electron chi connectivity index (χ2n) is 6.00. The van der Waals surface area contributed by atoms with Crippen LogP contribution in [0.3, 0.4) is 0 Å². The molecule has 130 valence electrons. The van der Waals surface area contributed by atoms with Crippen molar-refractivity contribution >= 4 is 29.9 Å². The Morgan fingerprint density at radius 2 is 2.08 bits per heavy atom. The summed E-state index contributed by atoms with van der Waals surface area (Å²) < 4.78 is 5.33. The minimum absolute atomic E-state index is 0. The number of hydrogen-bond donors (Lipinski definition) is 1. The number of halogens is 2. The van der Waals surface area contributed by atoms with Crippen LogP contribution >= 0.6 is 24.0 Å². The zero-order valence-corrected chi connectivity index (χ0v) is 15.0. The summed E-state index contributed by atoms with van der Waals surface area (Å²) in [5.41, 5.74) is 7.19. The van der Waals surface area contributed by atoms with Crippen molar-refractivity contribution in [3.63, 3.8) is 0 Å². The van der Waals surface area contributed by atoms with Crippen LogP contribution in [0.1, 0.15) is 36.7 Å². The van der Waals surface area contributed by atoms with Gasteiger partial charge in [-0.05, 0) is 50.5 Å². The molecule has 1 saturated heterocycles. The first-order chi connectivity index (χ1) is 11.1. The molecule has 2 aromatic rings. The highest BCUT2D eigenvalue weighted by Crippen LogP contribution is 2.25. The smallest absolute Gasteiger partial charge is 0.276 e. The fourth-order valence-electron chi connectivity index (χ4n) is 3.03. The zero-order valence-electron chi connectivity index (χ0n) is 13.4. The van der Waals surface area contributed by atoms with E-state index < -0.39 is 0 Å². The third kappa shape index (κ3) is 3.91. The minimum Gasteiger partial charge on any atom is -0.355 e. The number of amides is 1. The first kappa shape index (κ1) is 18.8. The topological polar surface area (TPSA) is 72.4 Å². The van der Waals surface area contributed by atoms with E-state index in [1.165, 1.54) is 0 Å². The van der Waals surface area contributed by atoms with Crippen molar-refractivity contribution < 1.29 is 9.32 Å². The quantitative estimate of drug-likeness (QED) is 0.893. The van der Waals surface area contributed by atoms with Gasteiger partial charge in [-0.15, -0.1) is 12.4 Å². The van der Waals surface area contributed by atoms with E-state index in [9.17, 15) is 4.79 Å². The summed E-state index contributed by atoms with van der Waals surface area (Å²) in [7, 11) is 0. The van der Waals surface area contributed by atoms with Crippen molar-refractivity contribution in [2.24, 2.45) is 5.73 Å². The maximum absolute atomic E-state index is 12.7. The Morgan fingerprint density at radius 1 is 1.38 bits per heavy atom. The molecular formula is C17H21Cl2N3O2. The van der Waals surface area contributed by atoms with Gasteiger partial charge in [0.25, 0.3) is 5.91 Å². The van der Waals surface area contributed by atoms with Crippen LogP contribution in [-0.4, -0.2) is 34.6 Å². The maximum atomic E-state index is 12.7. The molecule has 2 N–H and O–H groups in total. The second-order valence-corrected chi connectivity index (χ2v) is 6.44. The summed E-state index contributed by atoms with van der Waals surface area (Å²) in [6, 6.07) is 8.91. The molecule has 7 heteroatoms. The molecule has 0 saturated carbocycles. The lowest BCUT2D eigenvalue weighted by molar-refractivity contribution is 0.0573. The van der Waals surface area contributed by atoms with Gasteiger partial charge < -0.3 is 15.2 Å². The van der Waals surface area contributed by atoms with E-state index in [-0.39, 0.29) is 30.4 Å². The molecular weight excluding hydrogens is 349 g/mol. The molecule has 5 nitrogen and oxygen atoms in total. The molecule has 0 aliphatic carbocycles. The van der Waals surface area contributed by atoms with Crippen molar-refractivity contribution in [2.45, 2.75) is 38.3 Å². The van der Waals surface area contributed by atoms with Crippen LogP contribution in [-0.2, 0) is 0 Å². The Balaban J connectivity index is 0.00000208. The Hall–Kier alpha value is -1.56. The number of rotatable bonds is 3. The molecule has 2 heterocycles. The van der Waals surface area contributed by atoms with E-state index in [0.29, 0.717) is 23.0 Å². The second kappa shape index (κ2) is 8.01. The van der Waals surface area contributed by atoms with Crippen molar-refractivity contribution in [3.8, 4) is 11.3 Å². The number of benzene rings is 1. The van der Waals surface area contributed by atoms with E-state index in [1.807, 2.05) is 24.0 Å².